The zero-order valence-electron chi connectivity index (χ0n) is 24.2. The third-order valence-corrected chi connectivity index (χ3v) is 5.15. The van der Waals surface area contributed by atoms with E-state index in [1.807, 2.05) is 38.1 Å². The summed E-state index contributed by atoms with van der Waals surface area (Å²) in [6.07, 6.45) is 2.57. The quantitative estimate of drug-likeness (QED) is 0.0623. The molecule has 0 amide bonds. The van der Waals surface area contributed by atoms with E-state index in [9.17, 15) is 35.1 Å². The maximum Gasteiger partial charge on any atom is 4.00 e. The van der Waals surface area contributed by atoms with Crippen molar-refractivity contribution in [1.29, 1.82) is 0 Å². The largest absolute Gasteiger partial charge is 4.00 e. The van der Waals surface area contributed by atoms with Crippen LogP contribution in [0.2, 0.25) is 0 Å². The summed E-state index contributed by atoms with van der Waals surface area (Å²) in [4.78, 5) is 0. The second kappa shape index (κ2) is 21.6. The minimum Gasteiger partial charge on any atom is -0.513 e. The van der Waals surface area contributed by atoms with Crippen molar-refractivity contribution >= 4 is 0 Å². The molecule has 43 heavy (non-hydrogen) atoms. The van der Waals surface area contributed by atoms with Crippen LogP contribution in [0.1, 0.15) is 50.7 Å². The molecule has 0 aliphatic heterocycles. The van der Waals surface area contributed by atoms with Gasteiger partial charge < -0.3 is 9.47 Å². The van der Waals surface area contributed by atoms with Crippen molar-refractivity contribution < 1.29 is 66.3 Å². The topological polar surface area (TPSA) is 18.5 Å². The van der Waals surface area contributed by atoms with Crippen LogP contribution < -0.4 is 9.47 Å². The molecule has 4 aromatic carbocycles. The molecule has 0 radical (unpaired) electrons. The van der Waals surface area contributed by atoms with Gasteiger partial charge >= 0.3 is 21.7 Å². The van der Waals surface area contributed by atoms with Crippen LogP contribution in [0.25, 0.3) is 0 Å². The summed E-state index contributed by atoms with van der Waals surface area (Å²) >= 11 is 0. The number of benzene rings is 2. The Bertz CT molecular complexity index is 1160. The van der Waals surface area contributed by atoms with E-state index in [0.29, 0.717) is 12.8 Å². The number of unbranched alkanes of at least 4 members (excludes halogenated alkanes) is 2. The van der Waals surface area contributed by atoms with Crippen molar-refractivity contribution in [2.75, 3.05) is 13.2 Å². The number of ether oxygens (including phenoxy) is 2. The van der Waals surface area contributed by atoms with Crippen LogP contribution >= 0.6 is 0 Å². The first-order chi connectivity index (χ1) is 19.9. The molecule has 11 heteroatoms. The van der Waals surface area contributed by atoms with Crippen LogP contribution in [-0.4, -0.2) is 13.2 Å². The maximum absolute atomic E-state index is 12.9. The Kier molecular flexibility index (Phi) is 20.0. The average molecular weight is 648 g/mol. The zero-order valence-corrected chi connectivity index (χ0v) is 25.8. The second-order valence-electron chi connectivity index (χ2n) is 8.75. The van der Waals surface area contributed by atoms with E-state index in [1.165, 1.54) is 23.3 Å². The summed E-state index contributed by atoms with van der Waals surface area (Å²) in [5.74, 6) is -14.6. The minimum absolute atomic E-state index is 0. The van der Waals surface area contributed by atoms with Crippen molar-refractivity contribution in [2.24, 2.45) is 0 Å². The Morgan fingerprint density at radius 3 is 0.977 bits per heavy atom. The van der Waals surface area contributed by atoms with Gasteiger partial charge in [-0.3, -0.25) is 17.6 Å². The van der Waals surface area contributed by atoms with Crippen molar-refractivity contribution in [3.63, 3.8) is 0 Å². The predicted molar refractivity (Wildman–Crippen MR) is 145 cm³/mol. The molecule has 0 bridgehead atoms. The van der Waals surface area contributed by atoms with Crippen molar-refractivity contribution in [3.8, 4) is 11.5 Å². The molecule has 4 rings (SSSR count). The molecule has 0 aliphatic carbocycles. The van der Waals surface area contributed by atoms with Gasteiger partial charge in [-0.2, -0.15) is 35.4 Å². The molecule has 4 aromatic rings. The fourth-order valence-electron chi connectivity index (χ4n) is 2.83. The van der Waals surface area contributed by atoms with Crippen molar-refractivity contribution in [1.82, 2.24) is 0 Å². The smallest absolute Gasteiger partial charge is 0.513 e. The molecule has 0 saturated carbocycles. The van der Waals surface area contributed by atoms with E-state index >= 15 is 0 Å². The second-order valence-corrected chi connectivity index (χ2v) is 8.75. The van der Waals surface area contributed by atoms with E-state index in [2.05, 4.69) is 47.6 Å². The summed E-state index contributed by atoms with van der Waals surface area (Å²) in [5.41, 5.74) is 2.69. The third-order valence-electron chi connectivity index (χ3n) is 5.15. The summed E-state index contributed by atoms with van der Waals surface area (Å²) in [6.45, 7) is 7.87. The number of halogens is 8. The van der Waals surface area contributed by atoms with Crippen LogP contribution in [0.3, 0.4) is 0 Å². The SMILES string of the molecule is CCCCOc1c(F)c(F)[c-]c(F)c1F.CCCCOc1c(F)c(F)[c-]c(F)c1F.C[c-]1cccc1.C[c-]1cccc1.[Ti+4]. The summed E-state index contributed by atoms with van der Waals surface area (Å²) < 4.78 is 111. The van der Waals surface area contributed by atoms with Gasteiger partial charge in [0.05, 0.1) is 71.3 Å². The molecular formula is C32H32F8O2Ti. The van der Waals surface area contributed by atoms with Gasteiger partial charge in [0.15, 0.2) is 0 Å². The van der Waals surface area contributed by atoms with Crippen LogP contribution in [0.5, 0.6) is 11.5 Å². The molecule has 0 heterocycles. The first-order valence-electron chi connectivity index (χ1n) is 13.1. The first kappa shape index (κ1) is 39.9. The predicted octanol–water partition coefficient (Wildman–Crippen LogP) is 9.87. The van der Waals surface area contributed by atoms with E-state index < -0.39 is 58.0 Å². The summed E-state index contributed by atoms with van der Waals surface area (Å²) in [5, 5.41) is 0. The Labute approximate surface area is 262 Å². The standard InChI is InChI=1S/2C10H9F4O.2C6H7.Ti/c2*1-2-3-4-15-10-8(13)6(11)5-7(12)9(10)14;2*1-6-4-2-3-5-6;/h2*2-4H2,1H3;2*2-5H,1H3;/q4*-1;+4. The fraction of sp³-hybridized carbons (Fsp3) is 0.312. The Morgan fingerprint density at radius 2 is 0.791 bits per heavy atom. The Balaban J connectivity index is 0.000000586. The van der Waals surface area contributed by atoms with Crippen molar-refractivity contribution in [3.05, 3.63) is 118 Å². The maximum atomic E-state index is 12.9. The summed E-state index contributed by atoms with van der Waals surface area (Å²) in [7, 11) is 0. The Hall–Kier alpha value is -3.11. The van der Waals surface area contributed by atoms with Gasteiger partial charge in [-0.05, 0) is 12.8 Å². The minimum atomic E-state index is -1.58. The number of hydrogen-bond acceptors (Lipinski definition) is 2. The molecule has 0 N–H and O–H groups in total. The van der Waals surface area contributed by atoms with Gasteiger partial charge in [0, 0.05) is 0 Å². The molecule has 0 unspecified atom stereocenters. The molecule has 0 fully saturated rings. The summed E-state index contributed by atoms with van der Waals surface area (Å²) in [6, 6.07) is 19.0. The van der Waals surface area contributed by atoms with Gasteiger partial charge in [0.1, 0.15) is 0 Å². The number of hydrogen-bond donors (Lipinski definition) is 0. The van der Waals surface area contributed by atoms with E-state index in [-0.39, 0.29) is 34.9 Å². The van der Waals surface area contributed by atoms with Gasteiger partial charge in [-0.1, -0.05) is 40.5 Å². The molecule has 232 valence electrons. The zero-order chi connectivity index (χ0) is 31.7. The van der Waals surface area contributed by atoms with Crippen molar-refractivity contribution in [2.45, 2.75) is 53.4 Å². The molecule has 0 atom stereocenters. The fourth-order valence-corrected chi connectivity index (χ4v) is 2.83. The molecule has 0 saturated heterocycles. The molecular weight excluding hydrogens is 616 g/mol. The molecule has 2 nitrogen and oxygen atoms in total. The van der Waals surface area contributed by atoms with Crippen LogP contribution in [-0.2, 0) is 21.7 Å². The van der Waals surface area contributed by atoms with E-state index in [1.54, 1.807) is 0 Å². The van der Waals surface area contributed by atoms with E-state index in [0.717, 1.165) is 12.8 Å². The normalized spacial score (nSPS) is 9.77. The average Bonchev–Trinajstić information content (AvgIpc) is 3.65. The van der Waals surface area contributed by atoms with Gasteiger partial charge in [0.25, 0.3) is 0 Å². The van der Waals surface area contributed by atoms with Gasteiger partial charge in [-0.25, -0.2) is 41.8 Å². The number of aryl methyl sites for hydroxylation is 2. The number of rotatable bonds is 8. The molecule has 0 aromatic heterocycles. The van der Waals surface area contributed by atoms with Crippen LogP contribution in [0.15, 0.2) is 48.5 Å². The third kappa shape index (κ3) is 14.3. The monoisotopic (exact) mass is 648 g/mol. The van der Waals surface area contributed by atoms with Gasteiger partial charge in [-0.15, -0.1) is 12.1 Å². The molecule has 0 spiro atoms. The van der Waals surface area contributed by atoms with Gasteiger partial charge in [0.2, 0.25) is 0 Å². The van der Waals surface area contributed by atoms with Crippen LogP contribution in [0, 0.1) is 72.5 Å². The Morgan fingerprint density at radius 1 is 0.535 bits per heavy atom. The van der Waals surface area contributed by atoms with E-state index in [4.69, 9.17) is 0 Å². The van der Waals surface area contributed by atoms with Crippen LogP contribution in [0.4, 0.5) is 35.1 Å². The first-order valence-corrected chi connectivity index (χ1v) is 13.1. The molecule has 0 aliphatic rings.